The van der Waals surface area contributed by atoms with Crippen LogP contribution in [0, 0.1) is 5.92 Å². The topological polar surface area (TPSA) is 23.5 Å². The number of hydrogen-bond donors (Lipinski definition) is 1. The van der Waals surface area contributed by atoms with Crippen LogP contribution in [0.15, 0.2) is 24.3 Å². The summed E-state index contributed by atoms with van der Waals surface area (Å²) >= 11 is 0. The van der Waals surface area contributed by atoms with Gasteiger partial charge in [0.1, 0.15) is 5.75 Å². The van der Waals surface area contributed by atoms with E-state index in [1.54, 1.807) is 6.07 Å². The Bertz CT molecular complexity index is 356. The first-order valence-electron chi connectivity index (χ1n) is 6.74. The summed E-state index contributed by atoms with van der Waals surface area (Å²) < 4.78 is 0. The first kappa shape index (κ1) is 12.4. The molecule has 0 aliphatic carbocycles. The van der Waals surface area contributed by atoms with E-state index in [-0.39, 0.29) is 0 Å². The molecule has 1 atom stereocenters. The molecule has 1 aromatic rings. The predicted octanol–water partition coefficient (Wildman–Crippen LogP) is 3.58. The van der Waals surface area contributed by atoms with Crippen LogP contribution in [0.25, 0.3) is 0 Å². The number of hydrogen-bond acceptors (Lipinski definition) is 2. The molecular formula is C15H23NO. The summed E-state index contributed by atoms with van der Waals surface area (Å²) in [4.78, 5) is 2.52. The van der Waals surface area contributed by atoms with Crippen molar-refractivity contribution in [2.75, 3.05) is 13.1 Å². The number of benzene rings is 1. The molecule has 1 aliphatic heterocycles. The van der Waals surface area contributed by atoms with Crippen molar-refractivity contribution in [1.29, 1.82) is 0 Å². The second-order valence-electron chi connectivity index (χ2n) is 5.20. The monoisotopic (exact) mass is 233 g/mol. The number of rotatable bonds is 3. The number of nitrogens with zero attached hydrogens (tertiary/aromatic N) is 1. The molecule has 17 heavy (non-hydrogen) atoms. The number of piperidine rings is 1. The van der Waals surface area contributed by atoms with Crippen LogP contribution >= 0.6 is 0 Å². The number of aromatic hydroxyl groups is 1. The maximum atomic E-state index is 9.97. The van der Waals surface area contributed by atoms with Gasteiger partial charge in [0.2, 0.25) is 0 Å². The average molecular weight is 233 g/mol. The quantitative estimate of drug-likeness (QED) is 0.862. The van der Waals surface area contributed by atoms with Gasteiger partial charge >= 0.3 is 0 Å². The third kappa shape index (κ3) is 2.81. The van der Waals surface area contributed by atoms with E-state index >= 15 is 0 Å². The second kappa shape index (κ2) is 5.54. The molecule has 2 heteroatoms. The van der Waals surface area contributed by atoms with Gasteiger partial charge in [-0.25, -0.2) is 0 Å². The molecule has 2 rings (SSSR count). The van der Waals surface area contributed by atoms with Crippen LogP contribution in [-0.2, 0) is 0 Å². The molecule has 1 heterocycles. The number of likely N-dealkylation sites (tertiary alicyclic amines) is 1. The molecule has 0 spiro atoms. The SMILES string of the molecule is CCC(c1ccccc1O)N1CCC(C)CC1. The van der Waals surface area contributed by atoms with Gasteiger partial charge in [0.25, 0.3) is 0 Å². The van der Waals surface area contributed by atoms with Crippen molar-refractivity contribution in [2.24, 2.45) is 5.92 Å². The number of phenolic OH excluding ortho intramolecular Hbond substituents is 1. The Morgan fingerprint density at radius 3 is 2.53 bits per heavy atom. The first-order valence-corrected chi connectivity index (χ1v) is 6.74. The Hall–Kier alpha value is -1.02. The highest BCUT2D eigenvalue weighted by molar-refractivity contribution is 5.34. The molecule has 0 saturated carbocycles. The van der Waals surface area contributed by atoms with E-state index < -0.39 is 0 Å². The Kier molecular flexibility index (Phi) is 4.06. The molecule has 1 fully saturated rings. The molecule has 1 saturated heterocycles. The van der Waals surface area contributed by atoms with Gasteiger partial charge in [-0.3, -0.25) is 4.90 Å². The lowest BCUT2D eigenvalue weighted by atomic mass is 9.94. The zero-order valence-corrected chi connectivity index (χ0v) is 10.9. The largest absolute Gasteiger partial charge is 0.508 e. The Morgan fingerprint density at radius 2 is 1.94 bits per heavy atom. The zero-order chi connectivity index (χ0) is 12.3. The molecule has 2 nitrogen and oxygen atoms in total. The molecule has 1 N–H and O–H groups in total. The predicted molar refractivity (Wildman–Crippen MR) is 71.1 cm³/mol. The van der Waals surface area contributed by atoms with E-state index in [2.05, 4.69) is 24.8 Å². The highest BCUT2D eigenvalue weighted by Gasteiger charge is 2.24. The molecule has 1 aromatic carbocycles. The highest BCUT2D eigenvalue weighted by atomic mass is 16.3. The first-order chi connectivity index (χ1) is 8.22. The van der Waals surface area contributed by atoms with Gasteiger partial charge in [-0.2, -0.15) is 0 Å². The maximum Gasteiger partial charge on any atom is 0.120 e. The Balaban J connectivity index is 2.14. The molecule has 0 radical (unpaired) electrons. The fraction of sp³-hybridized carbons (Fsp3) is 0.600. The lowest BCUT2D eigenvalue weighted by Gasteiger charge is -2.36. The summed E-state index contributed by atoms with van der Waals surface area (Å²) in [5, 5.41) is 9.97. The van der Waals surface area contributed by atoms with Gasteiger partial charge in [0.05, 0.1) is 0 Å². The molecule has 0 amide bonds. The van der Waals surface area contributed by atoms with Gasteiger partial charge in [-0.15, -0.1) is 0 Å². The van der Waals surface area contributed by atoms with Gasteiger partial charge < -0.3 is 5.11 Å². The minimum absolute atomic E-state index is 0.378. The minimum atomic E-state index is 0.378. The van der Waals surface area contributed by atoms with Crippen molar-refractivity contribution in [3.8, 4) is 5.75 Å². The Morgan fingerprint density at radius 1 is 1.29 bits per heavy atom. The molecular weight excluding hydrogens is 210 g/mol. The zero-order valence-electron chi connectivity index (χ0n) is 10.9. The van der Waals surface area contributed by atoms with E-state index in [0.29, 0.717) is 11.8 Å². The van der Waals surface area contributed by atoms with Gasteiger partial charge in [-0.1, -0.05) is 32.0 Å². The standard InChI is InChI=1S/C15H23NO/c1-3-14(13-6-4-5-7-15(13)17)16-10-8-12(2)9-11-16/h4-7,12,14,17H,3,8-11H2,1-2H3. The van der Waals surface area contributed by atoms with Crippen LogP contribution in [0.3, 0.4) is 0 Å². The van der Waals surface area contributed by atoms with Crippen LogP contribution < -0.4 is 0 Å². The molecule has 0 bridgehead atoms. The average Bonchev–Trinajstić information content (AvgIpc) is 2.35. The third-order valence-corrected chi connectivity index (χ3v) is 3.94. The van der Waals surface area contributed by atoms with Crippen LogP contribution in [0.2, 0.25) is 0 Å². The lowest BCUT2D eigenvalue weighted by molar-refractivity contribution is 0.132. The highest BCUT2D eigenvalue weighted by Crippen LogP contribution is 2.33. The van der Waals surface area contributed by atoms with Crippen LogP contribution in [0.4, 0.5) is 0 Å². The van der Waals surface area contributed by atoms with Crippen LogP contribution in [0.1, 0.15) is 44.7 Å². The van der Waals surface area contributed by atoms with Crippen molar-refractivity contribution in [3.63, 3.8) is 0 Å². The summed E-state index contributed by atoms with van der Waals surface area (Å²) in [6.07, 6.45) is 3.63. The Labute approximate surface area is 104 Å². The van der Waals surface area contributed by atoms with Crippen molar-refractivity contribution in [3.05, 3.63) is 29.8 Å². The normalized spacial score (nSPS) is 20.4. The van der Waals surface area contributed by atoms with Crippen molar-refractivity contribution in [2.45, 2.75) is 39.2 Å². The fourth-order valence-corrected chi connectivity index (χ4v) is 2.78. The molecule has 94 valence electrons. The summed E-state index contributed by atoms with van der Waals surface area (Å²) in [5.74, 6) is 1.30. The van der Waals surface area contributed by atoms with E-state index in [4.69, 9.17) is 0 Å². The van der Waals surface area contributed by atoms with Gasteiger partial charge in [0, 0.05) is 11.6 Å². The molecule has 0 aromatic heterocycles. The maximum absolute atomic E-state index is 9.97. The van der Waals surface area contributed by atoms with Gasteiger partial charge in [-0.05, 0) is 44.3 Å². The lowest BCUT2D eigenvalue weighted by Crippen LogP contribution is -2.36. The summed E-state index contributed by atoms with van der Waals surface area (Å²) in [6.45, 7) is 6.86. The number of phenols is 1. The van der Waals surface area contributed by atoms with Crippen molar-refractivity contribution in [1.82, 2.24) is 4.90 Å². The fourth-order valence-electron chi connectivity index (χ4n) is 2.78. The summed E-state index contributed by atoms with van der Waals surface area (Å²) in [6, 6.07) is 8.14. The van der Waals surface area contributed by atoms with Crippen LogP contribution in [-0.4, -0.2) is 23.1 Å². The summed E-state index contributed by atoms with van der Waals surface area (Å²) in [7, 11) is 0. The van der Waals surface area contributed by atoms with E-state index in [9.17, 15) is 5.11 Å². The van der Waals surface area contributed by atoms with Crippen molar-refractivity contribution < 1.29 is 5.11 Å². The van der Waals surface area contributed by atoms with E-state index in [1.807, 2.05) is 12.1 Å². The molecule has 1 unspecified atom stereocenters. The number of para-hydroxylation sites is 1. The van der Waals surface area contributed by atoms with Gasteiger partial charge in [0.15, 0.2) is 0 Å². The van der Waals surface area contributed by atoms with E-state index in [1.165, 1.54) is 12.8 Å². The van der Waals surface area contributed by atoms with E-state index in [0.717, 1.165) is 31.0 Å². The minimum Gasteiger partial charge on any atom is -0.508 e. The second-order valence-corrected chi connectivity index (χ2v) is 5.20. The summed E-state index contributed by atoms with van der Waals surface area (Å²) in [5.41, 5.74) is 1.09. The smallest absolute Gasteiger partial charge is 0.120 e. The van der Waals surface area contributed by atoms with Crippen molar-refractivity contribution >= 4 is 0 Å². The van der Waals surface area contributed by atoms with Crippen LogP contribution in [0.5, 0.6) is 5.75 Å². The molecule has 1 aliphatic rings. The third-order valence-electron chi connectivity index (χ3n) is 3.94.